The van der Waals surface area contributed by atoms with Gasteiger partial charge in [0.1, 0.15) is 5.82 Å². The van der Waals surface area contributed by atoms with E-state index in [1.807, 2.05) is 12.1 Å². The number of fused-ring (bicyclic) bond motifs is 4. The standard InChI is InChI=1S/C20H26FN3O/c1-2-18-9-20(25-22-18)14-24-12-16-5-8-19(24)13-23(11-16)10-15-3-6-17(21)7-4-15/h3-4,6-7,9,16,19H,2,5,8,10-14H2,1H3/t16-,19+/m0/s1. The molecule has 5 rings (SSSR count). The van der Waals surface area contributed by atoms with Gasteiger partial charge >= 0.3 is 0 Å². The molecule has 0 unspecified atom stereocenters. The van der Waals surface area contributed by atoms with Crippen molar-refractivity contribution in [1.82, 2.24) is 15.0 Å². The number of piperidine rings is 1. The predicted octanol–water partition coefficient (Wildman–Crippen LogP) is 3.47. The minimum Gasteiger partial charge on any atom is -0.360 e. The summed E-state index contributed by atoms with van der Waals surface area (Å²) < 4.78 is 18.6. The van der Waals surface area contributed by atoms with E-state index in [0.29, 0.717) is 12.0 Å². The van der Waals surface area contributed by atoms with Gasteiger partial charge in [-0.05, 0) is 42.9 Å². The van der Waals surface area contributed by atoms with Crippen LogP contribution in [0.15, 0.2) is 34.9 Å². The SMILES string of the molecule is CCc1cc(CN2C[C@H]3CC[C@@H]2CN(Cc2ccc(F)cc2)C3)on1. The molecule has 3 fully saturated rings. The van der Waals surface area contributed by atoms with Crippen molar-refractivity contribution in [1.29, 1.82) is 0 Å². The normalized spacial score (nSPS) is 24.6. The van der Waals surface area contributed by atoms with Crippen LogP contribution >= 0.6 is 0 Å². The summed E-state index contributed by atoms with van der Waals surface area (Å²) in [5.74, 6) is 1.52. The van der Waals surface area contributed by atoms with Gasteiger partial charge in [0.25, 0.3) is 0 Å². The molecule has 0 amide bonds. The summed E-state index contributed by atoms with van der Waals surface area (Å²) in [5, 5.41) is 4.12. The molecule has 0 N–H and O–H groups in total. The zero-order chi connectivity index (χ0) is 17.2. The minimum atomic E-state index is -0.163. The molecule has 0 radical (unpaired) electrons. The van der Waals surface area contributed by atoms with Crippen molar-refractivity contribution in [2.45, 2.75) is 45.3 Å². The number of aryl methyl sites for hydroxylation is 1. The largest absolute Gasteiger partial charge is 0.360 e. The molecule has 0 spiro atoms. The molecule has 1 aromatic carbocycles. The zero-order valence-corrected chi connectivity index (χ0v) is 14.8. The molecule has 3 aliphatic heterocycles. The van der Waals surface area contributed by atoms with E-state index >= 15 is 0 Å². The first-order valence-electron chi connectivity index (χ1n) is 9.35. The Hall–Kier alpha value is -1.72. The summed E-state index contributed by atoms with van der Waals surface area (Å²) in [6.07, 6.45) is 3.47. The third-order valence-corrected chi connectivity index (χ3v) is 5.55. The Morgan fingerprint density at radius 1 is 1.12 bits per heavy atom. The van der Waals surface area contributed by atoms with Gasteiger partial charge in [0.05, 0.1) is 12.2 Å². The Morgan fingerprint density at radius 2 is 1.96 bits per heavy atom. The molecule has 25 heavy (non-hydrogen) atoms. The molecule has 134 valence electrons. The summed E-state index contributed by atoms with van der Waals surface area (Å²) in [5.41, 5.74) is 2.23. The van der Waals surface area contributed by atoms with Gasteiger partial charge in [-0.2, -0.15) is 0 Å². The predicted molar refractivity (Wildman–Crippen MR) is 94.5 cm³/mol. The van der Waals surface area contributed by atoms with Crippen LogP contribution in [-0.2, 0) is 19.5 Å². The molecule has 0 aliphatic carbocycles. The number of benzene rings is 1. The Bertz CT molecular complexity index is 699. The Kier molecular flexibility index (Phi) is 4.86. The number of hydrogen-bond donors (Lipinski definition) is 0. The highest BCUT2D eigenvalue weighted by atomic mass is 19.1. The minimum absolute atomic E-state index is 0.163. The third kappa shape index (κ3) is 3.93. The van der Waals surface area contributed by atoms with Crippen molar-refractivity contribution >= 4 is 0 Å². The van der Waals surface area contributed by atoms with E-state index < -0.39 is 0 Å². The van der Waals surface area contributed by atoms with Crippen molar-refractivity contribution in [3.05, 3.63) is 53.2 Å². The van der Waals surface area contributed by atoms with Crippen LogP contribution in [0.2, 0.25) is 0 Å². The van der Waals surface area contributed by atoms with Gasteiger partial charge in [0.15, 0.2) is 5.76 Å². The van der Waals surface area contributed by atoms with Gasteiger partial charge in [0.2, 0.25) is 0 Å². The van der Waals surface area contributed by atoms with Crippen molar-refractivity contribution in [3.63, 3.8) is 0 Å². The van der Waals surface area contributed by atoms with Gasteiger partial charge in [-0.25, -0.2) is 4.39 Å². The van der Waals surface area contributed by atoms with Gasteiger partial charge in [-0.1, -0.05) is 24.2 Å². The third-order valence-electron chi connectivity index (χ3n) is 5.55. The lowest BCUT2D eigenvalue weighted by atomic mass is 9.95. The van der Waals surface area contributed by atoms with Gasteiger partial charge in [-0.3, -0.25) is 9.80 Å². The van der Waals surface area contributed by atoms with Gasteiger partial charge in [0, 0.05) is 38.3 Å². The first-order chi connectivity index (χ1) is 12.2. The van der Waals surface area contributed by atoms with E-state index in [-0.39, 0.29) is 5.82 Å². The van der Waals surface area contributed by atoms with E-state index in [9.17, 15) is 4.39 Å². The fourth-order valence-electron chi connectivity index (χ4n) is 4.24. The van der Waals surface area contributed by atoms with Crippen LogP contribution < -0.4 is 0 Å². The zero-order valence-electron chi connectivity index (χ0n) is 14.8. The number of aromatic nitrogens is 1. The van der Waals surface area contributed by atoms with Crippen LogP contribution in [0.3, 0.4) is 0 Å². The van der Waals surface area contributed by atoms with E-state index in [0.717, 1.165) is 50.6 Å². The highest BCUT2D eigenvalue weighted by Crippen LogP contribution is 2.30. The van der Waals surface area contributed by atoms with Crippen LogP contribution in [0.4, 0.5) is 4.39 Å². The van der Waals surface area contributed by atoms with E-state index in [4.69, 9.17) is 4.52 Å². The van der Waals surface area contributed by atoms with E-state index in [1.54, 1.807) is 12.1 Å². The monoisotopic (exact) mass is 343 g/mol. The highest BCUT2D eigenvalue weighted by molar-refractivity contribution is 5.16. The topological polar surface area (TPSA) is 32.5 Å². The van der Waals surface area contributed by atoms with Crippen LogP contribution in [0.5, 0.6) is 0 Å². The molecule has 2 atom stereocenters. The fraction of sp³-hybridized carbons (Fsp3) is 0.550. The summed E-state index contributed by atoms with van der Waals surface area (Å²) >= 11 is 0. The molecular weight excluding hydrogens is 317 g/mol. The second-order valence-corrected chi connectivity index (χ2v) is 7.49. The second-order valence-electron chi connectivity index (χ2n) is 7.49. The maximum absolute atomic E-state index is 13.1. The number of rotatable bonds is 5. The maximum Gasteiger partial charge on any atom is 0.150 e. The first kappa shape index (κ1) is 16.7. The van der Waals surface area contributed by atoms with Gasteiger partial charge in [-0.15, -0.1) is 0 Å². The Labute approximate surface area is 148 Å². The summed E-state index contributed by atoms with van der Waals surface area (Å²) in [7, 11) is 0. The van der Waals surface area contributed by atoms with Crippen molar-refractivity contribution < 1.29 is 8.91 Å². The van der Waals surface area contributed by atoms with Crippen molar-refractivity contribution in [2.24, 2.45) is 5.92 Å². The summed E-state index contributed by atoms with van der Waals surface area (Å²) in [6, 6.07) is 9.58. The van der Waals surface area contributed by atoms with E-state index in [1.165, 1.54) is 18.4 Å². The molecule has 4 nitrogen and oxygen atoms in total. The smallest absolute Gasteiger partial charge is 0.150 e. The van der Waals surface area contributed by atoms with Crippen molar-refractivity contribution in [2.75, 3.05) is 19.6 Å². The molecule has 2 aromatic rings. The highest BCUT2D eigenvalue weighted by Gasteiger charge is 2.35. The molecule has 5 heteroatoms. The number of halogens is 1. The van der Waals surface area contributed by atoms with Crippen LogP contribution in [0.25, 0.3) is 0 Å². The average Bonchev–Trinajstić information content (AvgIpc) is 2.89. The first-order valence-corrected chi connectivity index (χ1v) is 9.35. The molecular formula is C20H26FN3O. The quantitative estimate of drug-likeness (QED) is 0.832. The summed E-state index contributed by atoms with van der Waals surface area (Å²) in [6.45, 7) is 7.20. The molecule has 4 heterocycles. The molecule has 2 bridgehead atoms. The molecule has 1 aromatic heterocycles. The Balaban J connectivity index is 1.42. The lowest BCUT2D eigenvalue weighted by molar-refractivity contribution is 0.111. The van der Waals surface area contributed by atoms with Crippen molar-refractivity contribution in [3.8, 4) is 0 Å². The van der Waals surface area contributed by atoms with Gasteiger partial charge < -0.3 is 4.52 Å². The van der Waals surface area contributed by atoms with Crippen LogP contribution in [0.1, 0.15) is 36.8 Å². The van der Waals surface area contributed by atoms with E-state index in [2.05, 4.69) is 27.9 Å². The number of hydrogen-bond acceptors (Lipinski definition) is 4. The van der Waals surface area contributed by atoms with Crippen LogP contribution in [0, 0.1) is 11.7 Å². The number of nitrogens with zero attached hydrogens (tertiary/aromatic N) is 3. The maximum atomic E-state index is 13.1. The molecule has 3 aliphatic rings. The Morgan fingerprint density at radius 3 is 2.72 bits per heavy atom. The average molecular weight is 343 g/mol. The fourth-order valence-corrected chi connectivity index (χ4v) is 4.24. The van der Waals surface area contributed by atoms with Crippen LogP contribution in [-0.4, -0.2) is 40.6 Å². The molecule has 3 saturated heterocycles. The summed E-state index contributed by atoms with van der Waals surface area (Å²) in [4.78, 5) is 5.10. The molecule has 0 saturated carbocycles. The second kappa shape index (κ2) is 7.26. The lowest BCUT2D eigenvalue weighted by Crippen LogP contribution is -2.43. The lowest BCUT2D eigenvalue weighted by Gasteiger charge is -2.35.